The molecule has 162 valence electrons. The average Bonchev–Trinajstić information content (AvgIpc) is 3.26. The Hall–Kier alpha value is -2.66. The van der Waals surface area contributed by atoms with E-state index in [0.29, 0.717) is 37.9 Å². The van der Waals surface area contributed by atoms with Gasteiger partial charge in [0.15, 0.2) is 24.3 Å². The molecule has 1 atom stereocenters. The molecule has 1 aliphatic rings. The number of amides is 2. The van der Waals surface area contributed by atoms with Gasteiger partial charge in [0.05, 0.1) is 0 Å². The number of nitrogens with one attached hydrogen (secondary N) is 1. The molecule has 0 saturated carbocycles. The largest absolute Gasteiger partial charge is 0.467 e. The Balaban J connectivity index is 1.42. The Morgan fingerprint density at radius 3 is 2.60 bits per heavy atom. The molecule has 3 rings (SSSR count). The number of aliphatic hydroxyl groups excluding tert-OH is 1. The van der Waals surface area contributed by atoms with Crippen LogP contribution in [-0.4, -0.2) is 52.4 Å². The molecular formula is C19H20F3N3O4S. The van der Waals surface area contributed by atoms with E-state index in [-0.39, 0.29) is 31.0 Å². The minimum Gasteiger partial charge on any atom is -0.467 e. The molecule has 1 unspecified atom stereocenters. The number of aliphatic hydroxyl groups is 1. The summed E-state index contributed by atoms with van der Waals surface area (Å²) in [5, 5.41) is 14.2. The molecule has 2 N–H and O–H groups in total. The molecule has 1 aliphatic heterocycles. The van der Waals surface area contributed by atoms with Gasteiger partial charge in [-0.15, -0.1) is 0 Å². The van der Waals surface area contributed by atoms with E-state index in [1.54, 1.807) is 16.3 Å². The standard InChI is InChI=1S/C19H20F3N3O4S/c20-13-8-15(22)14(21)7-12(13)18(27)19(28)23-9-11-1-4-25(5-2-11)17(26)10-29-16-3-6-30-24-16/h3,6-8,11,18,27H,1-2,4-5,9-10H2,(H,23,28). The molecule has 1 aromatic carbocycles. The van der Waals surface area contributed by atoms with Crippen molar-refractivity contribution in [1.29, 1.82) is 0 Å². The van der Waals surface area contributed by atoms with Crippen LogP contribution in [0.15, 0.2) is 23.6 Å². The molecule has 0 spiro atoms. The highest BCUT2D eigenvalue weighted by Crippen LogP contribution is 2.22. The zero-order chi connectivity index (χ0) is 21.7. The first-order valence-corrected chi connectivity index (χ1v) is 10.1. The summed E-state index contributed by atoms with van der Waals surface area (Å²) in [4.78, 5) is 25.9. The van der Waals surface area contributed by atoms with Gasteiger partial charge in [-0.3, -0.25) is 9.59 Å². The smallest absolute Gasteiger partial charge is 0.260 e. The maximum Gasteiger partial charge on any atom is 0.260 e. The molecule has 2 amide bonds. The number of aromatic nitrogens is 1. The molecule has 7 nitrogen and oxygen atoms in total. The van der Waals surface area contributed by atoms with Crippen LogP contribution in [0.25, 0.3) is 0 Å². The van der Waals surface area contributed by atoms with E-state index in [4.69, 9.17) is 4.74 Å². The van der Waals surface area contributed by atoms with Crippen molar-refractivity contribution in [3.8, 4) is 5.88 Å². The van der Waals surface area contributed by atoms with Gasteiger partial charge in [0.1, 0.15) is 5.82 Å². The molecule has 0 bridgehead atoms. The fourth-order valence-corrected chi connectivity index (χ4v) is 3.58. The second-order valence-electron chi connectivity index (χ2n) is 6.89. The molecular weight excluding hydrogens is 423 g/mol. The van der Waals surface area contributed by atoms with Crippen LogP contribution in [0.4, 0.5) is 13.2 Å². The van der Waals surface area contributed by atoms with Gasteiger partial charge in [-0.1, -0.05) is 0 Å². The monoisotopic (exact) mass is 443 g/mol. The van der Waals surface area contributed by atoms with Gasteiger partial charge < -0.3 is 20.1 Å². The summed E-state index contributed by atoms with van der Waals surface area (Å²) in [6.45, 7) is 1.08. The molecule has 2 heterocycles. The van der Waals surface area contributed by atoms with Crippen molar-refractivity contribution < 1.29 is 32.6 Å². The molecule has 0 radical (unpaired) electrons. The van der Waals surface area contributed by atoms with Gasteiger partial charge >= 0.3 is 0 Å². The van der Waals surface area contributed by atoms with Crippen molar-refractivity contribution >= 4 is 23.3 Å². The van der Waals surface area contributed by atoms with E-state index in [2.05, 4.69) is 9.69 Å². The van der Waals surface area contributed by atoms with Crippen molar-refractivity contribution in [2.24, 2.45) is 5.92 Å². The van der Waals surface area contributed by atoms with E-state index in [1.165, 1.54) is 11.5 Å². The van der Waals surface area contributed by atoms with E-state index >= 15 is 0 Å². The van der Waals surface area contributed by atoms with Crippen molar-refractivity contribution in [2.75, 3.05) is 26.2 Å². The first-order valence-electron chi connectivity index (χ1n) is 9.26. The number of rotatable bonds is 7. The average molecular weight is 443 g/mol. The van der Waals surface area contributed by atoms with Gasteiger partial charge in [-0.05, 0) is 36.4 Å². The Labute approximate surface area is 174 Å². The van der Waals surface area contributed by atoms with Crippen LogP contribution in [0.3, 0.4) is 0 Å². The van der Waals surface area contributed by atoms with E-state index < -0.39 is 35.0 Å². The first-order chi connectivity index (χ1) is 14.3. The van der Waals surface area contributed by atoms with E-state index in [1.807, 2.05) is 0 Å². The minimum atomic E-state index is -1.95. The van der Waals surface area contributed by atoms with E-state index in [9.17, 15) is 27.9 Å². The Morgan fingerprint density at radius 1 is 1.23 bits per heavy atom. The van der Waals surface area contributed by atoms with Gasteiger partial charge in [-0.25, -0.2) is 13.2 Å². The Bertz CT molecular complexity index is 889. The summed E-state index contributed by atoms with van der Waals surface area (Å²) in [5.74, 6) is -4.56. The molecule has 30 heavy (non-hydrogen) atoms. The summed E-state index contributed by atoms with van der Waals surface area (Å²) in [6.07, 6.45) is -0.707. The zero-order valence-electron chi connectivity index (χ0n) is 15.8. The normalized spacial score (nSPS) is 15.7. The zero-order valence-corrected chi connectivity index (χ0v) is 16.6. The van der Waals surface area contributed by atoms with Crippen LogP contribution in [0.1, 0.15) is 24.5 Å². The lowest BCUT2D eigenvalue weighted by Crippen LogP contribution is -2.43. The Morgan fingerprint density at radius 2 is 1.93 bits per heavy atom. The third kappa shape index (κ3) is 5.48. The highest BCUT2D eigenvalue weighted by molar-refractivity contribution is 7.03. The number of hydrogen-bond acceptors (Lipinski definition) is 6. The van der Waals surface area contributed by atoms with Crippen molar-refractivity contribution in [3.05, 3.63) is 46.6 Å². The van der Waals surface area contributed by atoms with Crippen molar-refractivity contribution in [2.45, 2.75) is 18.9 Å². The number of carbonyl (C=O) groups excluding carboxylic acids is 2. The minimum absolute atomic E-state index is 0.0551. The lowest BCUT2D eigenvalue weighted by molar-refractivity contribution is -0.135. The maximum atomic E-state index is 13.7. The van der Waals surface area contributed by atoms with Crippen LogP contribution >= 0.6 is 11.5 Å². The predicted molar refractivity (Wildman–Crippen MR) is 101 cm³/mol. The SMILES string of the molecule is O=C(NCC1CCN(C(=O)COc2ccsn2)CC1)C(O)c1cc(F)c(F)cc1F. The van der Waals surface area contributed by atoms with Gasteiger partial charge in [0.25, 0.3) is 11.8 Å². The number of piperidine rings is 1. The number of nitrogens with zero attached hydrogens (tertiary/aromatic N) is 2. The van der Waals surface area contributed by atoms with Crippen molar-refractivity contribution in [1.82, 2.24) is 14.6 Å². The summed E-state index contributed by atoms with van der Waals surface area (Å²) in [7, 11) is 0. The lowest BCUT2D eigenvalue weighted by atomic mass is 9.96. The summed E-state index contributed by atoms with van der Waals surface area (Å²) in [6, 6.07) is 2.42. The Kier molecular flexibility index (Phi) is 7.27. The highest BCUT2D eigenvalue weighted by atomic mass is 32.1. The van der Waals surface area contributed by atoms with Gasteiger partial charge in [0, 0.05) is 42.7 Å². The highest BCUT2D eigenvalue weighted by Gasteiger charge is 2.26. The van der Waals surface area contributed by atoms with Crippen LogP contribution < -0.4 is 10.1 Å². The molecule has 2 aromatic rings. The fourth-order valence-electron chi connectivity index (χ4n) is 3.12. The molecule has 0 aliphatic carbocycles. The lowest BCUT2D eigenvalue weighted by Gasteiger charge is -2.32. The summed E-state index contributed by atoms with van der Waals surface area (Å²) in [5.41, 5.74) is -0.632. The fraction of sp³-hybridized carbons (Fsp3) is 0.421. The van der Waals surface area contributed by atoms with Crippen LogP contribution in [0.2, 0.25) is 0 Å². The van der Waals surface area contributed by atoms with Crippen molar-refractivity contribution in [3.63, 3.8) is 0 Å². The van der Waals surface area contributed by atoms with Gasteiger partial charge in [-0.2, -0.15) is 4.37 Å². The molecule has 1 aromatic heterocycles. The number of hydrogen-bond donors (Lipinski definition) is 2. The second kappa shape index (κ2) is 9.90. The van der Waals surface area contributed by atoms with Crippen LogP contribution in [0, 0.1) is 23.4 Å². The second-order valence-corrected chi connectivity index (χ2v) is 7.55. The number of halogens is 3. The third-order valence-corrected chi connectivity index (χ3v) is 5.42. The predicted octanol–water partition coefficient (Wildman–Crippen LogP) is 2.03. The van der Waals surface area contributed by atoms with E-state index in [0.717, 1.165) is 0 Å². The quantitative estimate of drug-likeness (QED) is 0.639. The number of benzene rings is 1. The first kappa shape index (κ1) is 22.0. The molecule has 11 heteroatoms. The summed E-state index contributed by atoms with van der Waals surface area (Å²) < 4.78 is 49.2. The number of ether oxygens (including phenoxy) is 1. The number of likely N-dealkylation sites (tertiary alicyclic amines) is 1. The third-order valence-electron chi connectivity index (χ3n) is 4.87. The summed E-state index contributed by atoms with van der Waals surface area (Å²) >= 11 is 1.23. The topological polar surface area (TPSA) is 91.8 Å². The molecule has 1 saturated heterocycles. The van der Waals surface area contributed by atoms with Crippen LogP contribution in [0.5, 0.6) is 5.88 Å². The number of carbonyl (C=O) groups is 2. The maximum absolute atomic E-state index is 13.7. The molecule has 1 fully saturated rings. The van der Waals surface area contributed by atoms with Gasteiger partial charge in [0.2, 0.25) is 5.88 Å². The van der Waals surface area contributed by atoms with Crippen LogP contribution in [-0.2, 0) is 9.59 Å².